The molecule has 1 amide bonds. The molecule has 94 valence electrons. The van der Waals surface area contributed by atoms with E-state index in [1.807, 2.05) is 13.8 Å². The first-order valence-electron chi connectivity index (χ1n) is 5.50. The van der Waals surface area contributed by atoms with E-state index in [0.717, 1.165) is 0 Å². The molecule has 0 aliphatic rings. The van der Waals surface area contributed by atoms with Gasteiger partial charge in [-0.15, -0.1) is 0 Å². The van der Waals surface area contributed by atoms with Gasteiger partial charge in [-0.1, -0.05) is 13.8 Å². The van der Waals surface area contributed by atoms with Gasteiger partial charge in [0.05, 0.1) is 6.61 Å². The summed E-state index contributed by atoms with van der Waals surface area (Å²) < 4.78 is 6.35. The molecule has 0 fully saturated rings. The number of esters is 1. The van der Waals surface area contributed by atoms with Crippen LogP contribution in [0.5, 0.6) is 0 Å². The number of nitrogens with zero attached hydrogens (tertiary/aromatic N) is 2. The summed E-state index contributed by atoms with van der Waals surface area (Å²) >= 11 is 0. The van der Waals surface area contributed by atoms with Crippen LogP contribution in [0.4, 0.5) is 0 Å². The van der Waals surface area contributed by atoms with Gasteiger partial charge in [-0.25, -0.2) is 4.79 Å². The zero-order valence-corrected chi connectivity index (χ0v) is 10.3. The van der Waals surface area contributed by atoms with Gasteiger partial charge in [-0.3, -0.25) is 9.48 Å². The van der Waals surface area contributed by atoms with Crippen LogP contribution in [-0.4, -0.2) is 28.3 Å². The van der Waals surface area contributed by atoms with E-state index in [2.05, 4.69) is 5.10 Å². The van der Waals surface area contributed by atoms with Crippen LogP contribution >= 0.6 is 0 Å². The molecule has 0 saturated carbocycles. The van der Waals surface area contributed by atoms with Crippen molar-refractivity contribution in [2.75, 3.05) is 6.61 Å². The molecular weight excluding hydrogens is 222 g/mol. The topological polar surface area (TPSA) is 87.2 Å². The number of rotatable bonds is 5. The van der Waals surface area contributed by atoms with Crippen LogP contribution in [0.1, 0.15) is 41.7 Å². The van der Waals surface area contributed by atoms with Gasteiger partial charge in [0.2, 0.25) is 0 Å². The first kappa shape index (κ1) is 13.2. The lowest BCUT2D eigenvalue weighted by Crippen LogP contribution is -2.16. The van der Waals surface area contributed by atoms with Gasteiger partial charge in [-0.2, -0.15) is 5.10 Å². The second kappa shape index (κ2) is 5.47. The van der Waals surface area contributed by atoms with Gasteiger partial charge in [0.1, 0.15) is 5.69 Å². The largest absolute Gasteiger partial charge is 0.461 e. The third kappa shape index (κ3) is 3.30. The van der Waals surface area contributed by atoms with Crippen LogP contribution in [0, 0.1) is 5.92 Å². The van der Waals surface area contributed by atoms with Crippen LogP contribution in [0.3, 0.4) is 0 Å². The molecule has 1 aromatic rings. The summed E-state index contributed by atoms with van der Waals surface area (Å²) in [6.07, 6.45) is 0. The lowest BCUT2D eigenvalue weighted by molar-refractivity contribution is 0.0510. The van der Waals surface area contributed by atoms with E-state index >= 15 is 0 Å². The molecule has 6 heteroatoms. The molecule has 0 aromatic carbocycles. The van der Waals surface area contributed by atoms with Gasteiger partial charge in [0, 0.05) is 12.6 Å². The Hall–Kier alpha value is -1.85. The third-order valence-electron chi connectivity index (χ3n) is 2.06. The minimum Gasteiger partial charge on any atom is -0.461 e. The summed E-state index contributed by atoms with van der Waals surface area (Å²) in [6.45, 7) is 6.50. The molecule has 1 aromatic heterocycles. The molecule has 2 N–H and O–H groups in total. The SMILES string of the molecule is CCOC(=O)c1cc(C(N)=O)nn1CC(C)C. The number of amides is 1. The zero-order chi connectivity index (χ0) is 13.0. The molecule has 0 spiro atoms. The fraction of sp³-hybridized carbons (Fsp3) is 0.545. The molecule has 0 aliphatic carbocycles. The van der Waals surface area contributed by atoms with Crippen molar-refractivity contribution < 1.29 is 14.3 Å². The van der Waals surface area contributed by atoms with Crippen molar-refractivity contribution in [1.29, 1.82) is 0 Å². The van der Waals surface area contributed by atoms with E-state index in [9.17, 15) is 9.59 Å². The lowest BCUT2D eigenvalue weighted by atomic mass is 10.2. The number of ether oxygens (including phenoxy) is 1. The maximum absolute atomic E-state index is 11.6. The molecule has 0 unspecified atom stereocenters. The molecule has 0 radical (unpaired) electrons. The molecule has 17 heavy (non-hydrogen) atoms. The second-order valence-corrected chi connectivity index (χ2v) is 4.08. The van der Waals surface area contributed by atoms with Gasteiger partial charge in [-0.05, 0) is 12.8 Å². The summed E-state index contributed by atoms with van der Waals surface area (Å²) in [5, 5.41) is 3.99. The van der Waals surface area contributed by atoms with Gasteiger partial charge in [0.25, 0.3) is 5.91 Å². The van der Waals surface area contributed by atoms with Gasteiger partial charge < -0.3 is 10.5 Å². The van der Waals surface area contributed by atoms with E-state index in [1.54, 1.807) is 6.92 Å². The Morgan fingerprint density at radius 1 is 1.53 bits per heavy atom. The van der Waals surface area contributed by atoms with E-state index in [1.165, 1.54) is 10.7 Å². The Bertz CT molecular complexity index is 424. The van der Waals surface area contributed by atoms with Gasteiger partial charge >= 0.3 is 5.97 Å². The fourth-order valence-corrected chi connectivity index (χ4v) is 1.39. The Morgan fingerprint density at radius 3 is 2.65 bits per heavy atom. The lowest BCUT2D eigenvalue weighted by Gasteiger charge is -2.08. The van der Waals surface area contributed by atoms with Crippen LogP contribution in [0.25, 0.3) is 0 Å². The number of hydrogen-bond donors (Lipinski definition) is 1. The quantitative estimate of drug-likeness (QED) is 0.770. The second-order valence-electron chi connectivity index (χ2n) is 4.08. The zero-order valence-electron chi connectivity index (χ0n) is 10.3. The molecule has 1 rings (SSSR count). The Balaban J connectivity index is 3.07. The molecule has 0 saturated heterocycles. The summed E-state index contributed by atoms with van der Waals surface area (Å²) in [5.74, 6) is -0.852. The molecule has 6 nitrogen and oxygen atoms in total. The van der Waals surface area contributed by atoms with Crippen molar-refractivity contribution in [1.82, 2.24) is 9.78 Å². The number of carbonyl (C=O) groups excluding carboxylic acids is 2. The van der Waals surface area contributed by atoms with Crippen molar-refractivity contribution >= 4 is 11.9 Å². The minimum absolute atomic E-state index is 0.0775. The van der Waals surface area contributed by atoms with Crippen molar-refractivity contribution in [3.63, 3.8) is 0 Å². The van der Waals surface area contributed by atoms with Gasteiger partial charge in [0.15, 0.2) is 5.69 Å². The number of primary amides is 1. The smallest absolute Gasteiger partial charge is 0.356 e. The predicted molar refractivity (Wildman–Crippen MR) is 61.5 cm³/mol. The first-order chi connectivity index (χ1) is 7.95. The van der Waals surface area contributed by atoms with Crippen LogP contribution in [0.15, 0.2) is 6.07 Å². The van der Waals surface area contributed by atoms with E-state index in [-0.39, 0.29) is 18.0 Å². The van der Waals surface area contributed by atoms with Crippen molar-refractivity contribution in [2.24, 2.45) is 11.7 Å². The summed E-state index contributed by atoms with van der Waals surface area (Å²) in [5.41, 5.74) is 5.47. The molecule has 0 aliphatic heterocycles. The molecule has 0 atom stereocenters. The summed E-state index contributed by atoms with van der Waals surface area (Å²) in [7, 11) is 0. The highest BCUT2D eigenvalue weighted by atomic mass is 16.5. The van der Waals surface area contributed by atoms with Crippen LogP contribution < -0.4 is 5.73 Å². The summed E-state index contributed by atoms with van der Waals surface area (Å²) in [4.78, 5) is 22.7. The standard InChI is InChI=1S/C11H17N3O3/c1-4-17-11(16)9-5-8(10(12)15)13-14(9)6-7(2)3/h5,7H,4,6H2,1-3H3,(H2,12,15). The number of hydrogen-bond acceptors (Lipinski definition) is 4. The fourth-order valence-electron chi connectivity index (χ4n) is 1.39. The van der Waals surface area contributed by atoms with Crippen LogP contribution in [0.2, 0.25) is 0 Å². The van der Waals surface area contributed by atoms with E-state index in [4.69, 9.17) is 10.5 Å². The molecule has 1 heterocycles. The normalized spacial score (nSPS) is 10.6. The molecule has 0 bridgehead atoms. The molecular formula is C11H17N3O3. The highest BCUT2D eigenvalue weighted by Gasteiger charge is 2.19. The minimum atomic E-state index is -0.655. The maximum Gasteiger partial charge on any atom is 0.356 e. The Kier molecular flexibility index (Phi) is 4.25. The summed E-state index contributed by atoms with van der Waals surface area (Å²) in [6, 6.07) is 1.36. The van der Waals surface area contributed by atoms with E-state index in [0.29, 0.717) is 12.5 Å². The van der Waals surface area contributed by atoms with Crippen LogP contribution in [-0.2, 0) is 11.3 Å². The monoisotopic (exact) mass is 239 g/mol. The maximum atomic E-state index is 11.6. The Morgan fingerprint density at radius 2 is 2.18 bits per heavy atom. The van der Waals surface area contributed by atoms with E-state index < -0.39 is 11.9 Å². The van der Waals surface area contributed by atoms with Crippen molar-refractivity contribution in [3.05, 3.63) is 17.5 Å². The average Bonchev–Trinajstić information content (AvgIpc) is 2.61. The van der Waals surface area contributed by atoms with Crippen molar-refractivity contribution in [2.45, 2.75) is 27.3 Å². The predicted octanol–water partition coefficient (Wildman–Crippen LogP) is 0.815. The number of carbonyl (C=O) groups is 2. The number of aromatic nitrogens is 2. The highest BCUT2D eigenvalue weighted by molar-refractivity contribution is 5.95. The third-order valence-corrected chi connectivity index (χ3v) is 2.06. The Labute approximate surface area is 99.7 Å². The number of nitrogens with two attached hydrogens (primary N) is 1. The average molecular weight is 239 g/mol. The first-order valence-corrected chi connectivity index (χ1v) is 5.50. The van der Waals surface area contributed by atoms with Crippen molar-refractivity contribution in [3.8, 4) is 0 Å². The highest BCUT2D eigenvalue weighted by Crippen LogP contribution is 2.09.